The molecule has 2 rings (SSSR count). The maximum absolute atomic E-state index is 5.71. The highest BCUT2D eigenvalue weighted by atomic mass is 127. The largest absolute Gasteiger partial charge is 0.381 e. The lowest BCUT2D eigenvalue weighted by atomic mass is 9.94. The molecule has 0 amide bonds. The van der Waals surface area contributed by atoms with Gasteiger partial charge in [0, 0.05) is 53.3 Å². The summed E-state index contributed by atoms with van der Waals surface area (Å²) < 4.78 is 11.1. The second-order valence-corrected chi connectivity index (χ2v) is 5.26. The first-order valence-electron chi connectivity index (χ1n) is 7.39. The van der Waals surface area contributed by atoms with Crippen LogP contribution in [-0.4, -0.2) is 45.5 Å². The van der Waals surface area contributed by atoms with Gasteiger partial charge in [-0.2, -0.15) is 0 Å². The van der Waals surface area contributed by atoms with E-state index in [1.54, 1.807) is 14.2 Å². The first-order chi connectivity index (χ1) is 10.3. The molecule has 1 heterocycles. The van der Waals surface area contributed by atoms with Crippen molar-refractivity contribution < 1.29 is 9.47 Å². The first kappa shape index (κ1) is 19.2. The van der Waals surface area contributed by atoms with Crippen molar-refractivity contribution in [3.05, 3.63) is 35.9 Å². The number of aliphatic imine (C=N–C) groups is 1. The lowest BCUT2D eigenvalue weighted by Gasteiger charge is -2.36. The van der Waals surface area contributed by atoms with Crippen molar-refractivity contribution in [2.45, 2.75) is 25.0 Å². The molecule has 22 heavy (non-hydrogen) atoms. The number of hydrogen-bond acceptors (Lipinski definition) is 3. The minimum atomic E-state index is -0.150. The summed E-state index contributed by atoms with van der Waals surface area (Å²) in [5.41, 5.74) is 1.08. The quantitative estimate of drug-likeness (QED) is 0.437. The molecule has 0 radical (unpaired) electrons. The number of guanidine groups is 1. The van der Waals surface area contributed by atoms with Gasteiger partial charge in [0.25, 0.3) is 0 Å². The standard InChI is InChI=1S/C16H25N3O2.HI/c1-17-15(18-12-14-6-4-3-5-7-14)19-13-16(20-2)8-10-21-11-9-16;/h3-7H,8-13H2,1-2H3,(H2,17,18,19);1H. The molecule has 0 aliphatic carbocycles. The van der Waals surface area contributed by atoms with Gasteiger partial charge in [-0.15, -0.1) is 24.0 Å². The Balaban J connectivity index is 0.00000242. The SMILES string of the molecule is CN=C(NCc1ccccc1)NCC1(OC)CCOCC1.I. The van der Waals surface area contributed by atoms with Crippen molar-refractivity contribution in [2.75, 3.05) is 33.9 Å². The number of halogens is 1. The summed E-state index contributed by atoms with van der Waals surface area (Å²) in [5, 5.41) is 6.68. The summed E-state index contributed by atoms with van der Waals surface area (Å²) in [4.78, 5) is 4.26. The molecule has 0 bridgehead atoms. The molecule has 1 aliphatic rings. The summed E-state index contributed by atoms with van der Waals surface area (Å²) in [6.07, 6.45) is 1.82. The van der Waals surface area contributed by atoms with Gasteiger partial charge in [-0.1, -0.05) is 30.3 Å². The zero-order valence-corrected chi connectivity index (χ0v) is 15.6. The lowest BCUT2D eigenvalue weighted by molar-refractivity contribution is -0.0855. The highest BCUT2D eigenvalue weighted by Gasteiger charge is 2.32. The van der Waals surface area contributed by atoms with Gasteiger partial charge in [0.1, 0.15) is 0 Å². The molecule has 1 aliphatic heterocycles. The number of rotatable bonds is 5. The third-order valence-electron chi connectivity index (χ3n) is 3.94. The van der Waals surface area contributed by atoms with E-state index in [2.05, 4.69) is 27.8 Å². The Kier molecular flexibility index (Phi) is 8.74. The lowest BCUT2D eigenvalue weighted by Crippen LogP contribution is -2.50. The molecule has 6 heteroatoms. The van der Waals surface area contributed by atoms with Crippen molar-refractivity contribution in [3.8, 4) is 0 Å². The Labute approximate surface area is 149 Å². The van der Waals surface area contributed by atoms with Crippen molar-refractivity contribution in [2.24, 2.45) is 4.99 Å². The molecule has 0 saturated carbocycles. The zero-order chi connectivity index (χ0) is 15.0. The summed E-state index contributed by atoms with van der Waals surface area (Å²) in [5.74, 6) is 0.793. The molecule has 1 saturated heterocycles. The van der Waals surface area contributed by atoms with Gasteiger partial charge < -0.3 is 20.1 Å². The third-order valence-corrected chi connectivity index (χ3v) is 3.94. The molecule has 0 aromatic heterocycles. The van der Waals surface area contributed by atoms with E-state index < -0.39 is 0 Å². The summed E-state index contributed by atoms with van der Waals surface area (Å²) in [6, 6.07) is 10.3. The van der Waals surface area contributed by atoms with E-state index in [-0.39, 0.29) is 29.6 Å². The van der Waals surface area contributed by atoms with Gasteiger partial charge in [0.05, 0.1) is 5.60 Å². The highest BCUT2D eigenvalue weighted by Crippen LogP contribution is 2.23. The second-order valence-electron chi connectivity index (χ2n) is 5.26. The van der Waals surface area contributed by atoms with E-state index in [9.17, 15) is 0 Å². The number of nitrogens with zero attached hydrogens (tertiary/aromatic N) is 1. The minimum Gasteiger partial charge on any atom is -0.381 e. The van der Waals surface area contributed by atoms with E-state index in [1.165, 1.54) is 5.56 Å². The predicted octanol–water partition coefficient (Wildman–Crippen LogP) is 2.17. The summed E-state index contributed by atoms with van der Waals surface area (Å²) in [6.45, 7) is 3.00. The summed E-state index contributed by atoms with van der Waals surface area (Å²) >= 11 is 0. The topological polar surface area (TPSA) is 54.9 Å². The Morgan fingerprint density at radius 3 is 2.50 bits per heavy atom. The van der Waals surface area contributed by atoms with Crippen LogP contribution in [0.25, 0.3) is 0 Å². The van der Waals surface area contributed by atoms with E-state index >= 15 is 0 Å². The number of benzene rings is 1. The average molecular weight is 419 g/mol. The van der Waals surface area contributed by atoms with Crippen LogP contribution in [0.5, 0.6) is 0 Å². The van der Waals surface area contributed by atoms with E-state index in [4.69, 9.17) is 9.47 Å². The van der Waals surface area contributed by atoms with Gasteiger partial charge >= 0.3 is 0 Å². The number of methoxy groups -OCH3 is 1. The van der Waals surface area contributed by atoms with Gasteiger partial charge in [-0.3, -0.25) is 4.99 Å². The van der Waals surface area contributed by atoms with Crippen LogP contribution in [0.2, 0.25) is 0 Å². The molecule has 124 valence electrons. The Morgan fingerprint density at radius 1 is 1.23 bits per heavy atom. The van der Waals surface area contributed by atoms with Crippen LogP contribution in [0.1, 0.15) is 18.4 Å². The van der Waals surface area contributed by atoms with Gasteiger partial charge in [0.15, 0.2) is 5.96 Å². The Hall–Kier alpha value is -0.860. The normalized spacial score (nSPS) is 17.5. The van der Waals surface area contributed by atoms with Crippen molar-refractivity contribution in [3.63, 3.8) is 0 Å². The molecule has 1 fully saturated rings. The molecule has 5 nitrogen and oxygen atoms in total. The average Bonchev–Trinajstić information content (AvgIpc) is 2.57. The zero-order valence-electron chi connectivity index (χ0n) is 13.3. The molecule has 0 atom stereocenters. The van der Waals surface area contributed by atoms with Crippen LogP contribution in [-0.2, 0) is 16.0 Å². The Bertz CT molecular complexity index is 448. The maximum Gasteiger partial charge on any atom is 0.191 e. The monoisotopic (exact) mass is 419 g/mol. The van der Waals surface area contributed by atoms with Crippen LogP contribution < -0.4 is 10.6 Å². The second kappa shape index (κ2) is 10.0. The van der Waals surface area contributed by atoms with Crippen LogP contribution in [0.15, 0.2) is 35.3 Å². The van der Waals surface area contributed by atoms with Crippen molar-refractivity contribution >= 4 is 29.9 Å². The van der Waals surface area contributed by atoms with E-state index in [0.29, 0.717) is 0 Å². The van der Waals surface area contributed by atoms with Crippen LogP contribution in [0.4, 0.5) is 0 Å². The van der Waals surface area contributed by atoms with Crippen LogP contribution in [0, 0.1) is 0 Å². The fourth-order valence-corrected chi connectivity index (χ4v) is 2.44. The van der Waals surface area contributed by atoms with Crippen molar-refractivity contribution in [1.29, 1.82) is 0 Å². The first-order valence-corrected chi connectivity index (χ1v) is 7.39. The molecular weight excluding hydrogens is 393 g/mol. The number of ether oxygens (including phenoxy) is 2. The van der Waals surface area contributed by atoms with Crippen LogP contribution in [0.3, 0.4) is 0 Å². The molecule has 0 unspecified atom stereocenters. The van der Waals surface area contributed by atoms with Gasteiger partial charge in [0.2, 0.25) is 0 Å². The van der Waals surface area contributed by atoms with Gasteiger partial charge in [-0.25, -0.2) is 0 Å². The maximum atomic E-state index is 5.71. The predicted molar refractivity (Wildman–Crippen MR) is 99.9 cm³/mol. The smallest absolute Gasteiger partial charge is 0.191 e. The Morgan fingerprint density at radius 2 is 1.91 bits per heavy atom. The van der Waals surface area contributed by atoms with E-state index in [1.807, 2.05) is 18.2 Å². The molecule has 1 aromatic rings. The third kappa shape index (κ3) is 5.73. The highest BCUT2D eigenvalue weighted by molar-refractivity contribution is 14.0. The van der Waals surface area contributed by atoms with Gasteiger partial charge in [-0.05, 0) is 5.56 Å². The molecular formula is C16H26IN3O2. The fourth-order valence-electron chi connectivity index (χ4n) is 2.44. The minimum absolute atomic E-state index is 0. The fraction of sp³-hybridized carbons (Fsp3) is 0.562. The van der Waals surface area contributed by atoms with Crippen molar-refractivity contribution in [1.82, 2.24) is 10.6 Å². The summed E-state index contributed by atoms with van der Waals surface area (Å²) in [7, 11) is 3.55. The molecule has 0 spiro atoms. The molecule has 2 N–H and O–H groups in total. The number of hydrogen-bond donors (Lipinski definition) is 2. The van der Waals surface area contributed by atoms with E-state index in [0.717, 1.165) is 45.1 Å². The number of nitrogens with one attached hydrogen (secondary N) is 2. The molecule has 1 aromatic carbocycles. The van der Waals surface area contributed by atoms with Crippen LogP contribution >= 0.6 is 24.0 Å².